The summed E-state index contributed by atoms with van der Waals surface area (Å²) in [7, 11) is 0. The number of rotatable bonds is 3. The van der Waals surface area contributed by atoms with Gasteiger partial charge in [0.1, 0.15) is 5.76 Å². The van der Waals surface area contributed by atoms with Gasteiger partial charge in [0.05, 0.1) is 23.0 Å². The summed E-state index contributed by atoms with van der Waals surface area (Å²) >= 11 is 0. The molecular formula is C17H11F3N2O2. The Morgan fingerprint density at radius 3 is 2.75 bits per heavy atom. The molecule has 7 heteroatoms. The first-order valence-corrected chi connectivity index (χ1v) is 6.92. The number of hydrogen-bond acceptors (Lipinski definition) is 3. The zero-order valence-corrected chi connectivity index (χ0v) is 12.2. The zero-order valence-electron chi connectivity index (χ0n) is 12.2. The molecule has 3 aromatic rings. The molecular weight excluding hydrogens is 321 g/mol. The van der Waals surface area contributed by atoms with E-state index in [1.807, 2.05) is 0 Å². The van der Waals surface area contributed by atoms with Gasteiger partial charge in [-0.1, -0.05) is 0 Å². The predicted molar refractivity (Wildman–Crippen MR) is 83.1 cm³/mol. The van der Waals surface area contributed by atoms with E-state index in [-0.39, 0.29) is 11.1 Å². The molecule has 0 unspecified atom stereocenters. The van der Waals surface area contributed by atoms with Crippen molar-refractivity contribution in [3.05, 3.63) is 66.3 Å². The van der Waals surface area contributed by atoms with Gasteiger partial charge in [0, 0.05) is 17.7 Å². The largest absolute Gasteiger partial charge is 0.465 e. The Balaban J connectivity index is 1.89. The lowest BCUT2D eigenvalue weighted by Gasteiger charge is -2.10. The minimum atomic E-state index is -4.47. The average Bonchev–Trinajstić information content (AvgIpc) is 3.05. The summed E-state index contributed by atoms with van der Waals surface area (Å²) in [6, 6.07) is 7.98. The van der Waals surface area contributed by atoms with Crippen LogP contribution in [0.2, 0.25) is 0 Å². The number of pyridine rings is 1. The molecule has 3 rings (SSSR count). The van der Waals surface area contributed by atoms with E-state index in [0.717, 1.165) is 12.1 Å². The predicted octanol–water partition coefficient (Wildman–Crippen LogP) is 4.50. The van der Waals surface area contributed by atoms with Crippen molar-refractivity contribution in [1.82, 2.24) is 4.98 Å². The number of fused-ring (bicyclic) bond motifs is 1. The molecule has 2 heterocycles. The van der Waals surface area contributed by atoms with Gasteiger partial charge in [-0.25, -0.2) is 0 Å². The van der Waals surface area contributed by atoms with Crippen LogP contribution in [0.25, 0.3) is 17.0 Å². The first-order valence-electron chi connectivity index (χ1n) is 6.92. The summed E-state index contributed by atoms with van der Waals surface area (Å²) in [6.07, 6.45) is 1.11. The Bertz CT molecular complexity index is 900. The first-order chi connectivity index (χ1) is 11.4. The highest BCUT2D eigenvalue weighted by atomic mass is 19.4. The number of nitrogens with zero attached hydrogens (tertiary/aromatic N) is 1. The Labute approximate surface area is 134 Å². The van der Waals surface area contributed by atoms with E-state index >= 15 is 0 Å². The second-order valence-electron chi connectivity index (χ2n) is 4.93. The van der Waals surface area contributed by atoms with Crippen LogP contribution in [-0.2, 0) is 11.0 Å². The molecule has 0 saturated carbocycles. The minimum Gasteiger partial charge on any atom is -0.465 e. The zero-order chi connectivity index (χ0) is 17.2. The van der Waals surface area contributed by atoms with Gasteiger partial charge in [-0.05, 0) is 42.5 Å². The number of alkyl halides is 3. The van der Waals surface area contributed by atoms with Crippen LogP contribution in [0.5, 0.6) is 0 Å². The van der Waals surface area contributed by atoms with Crippen molar-refractivity contribution in [2.24, 2.45) is 0 Å². The van der Waals surface area contributed by atoms with Crippen molar-refractivity contribution in [2.75, 3.05) is 5.32 Å². The second kappa shape index (κ2) is 6.19. The summed E-state index contributed by atoms with van der Waals surface area (Å²) in [5.74, 6) is 0.000376. The average molecular weight is 332 g/mol. The fourth-order valence-corrected chi connectivity index (χ4v) is 2.15. The summed E-state index contributed by atoms with van der Waals surface area (Å²) < 4.78 is 43.6. The minimum absolute atomic E-state index is 0.215. The molecule has 0 aliphatic rings. The number of carbonyl (C=O) groups excluding carboxylic acids is 1. The number of amides is 1. The Kier molecular flexibility index (Phi) is 4.07. The highest BCUT2D eigenvalue weighted by Crippen LogP contribution is 2.33. The monoisotopic (exact) mass is 332 g/mol. The SMILES string of the molecule is O=C(/C=C/c1ccco1)Nc1ccnc2ccc(C(F)(F)F)cc12. The molecule has 4 nitrogen and oxygen atoms in total. The van der Waals surface area contributed by atoms with Crippen LogP contribution in [0.3, 0.4) is 0 Å². The Morgan fingerprint density at radius 1 is 1.21 bits per heavy atom. The third kappa shape index (κ3) is 3.45. The second-order valence-corrected chi connectivity index (χ2v) is 4.93. The normalized spacial score (nSPS) is 12.0. The van der Waals surface area contributed by atoms with Crippen LogP contribution in [-0.4, -0.2) is 10.9 Å². The highest BCUT2D eigenvalue weighted by Gasteiger charge is 2.30. The van der Waals surface area contributed by atoms with Crippen molar-refractivity contribution >= 4 is 28.6 Å². The molecule has 0 aliphatic heterocycles. The summed E-state index contributed by atoms with van der Waals surface area (Å²) in [5, 5.41) is 2.77. The third-order valence-electron chi connectivity index (χ3n) is 3.27. The molecule has 0 bridgehead atoms. The van der Waals surface area contributed by atoms with Gasteiger partial charge in [-0.15, -0.1) is 0 Å². The number of carbonyl (C=O) groups is 1. The molecule has 0 aliphatic carbocycles. The third-order valence-corrected chi connectivity index (χ3v) is 3.27. The van der Waals surface area contributed by atoms with Gasteiger partial charge >= 0.3 is 6.18 Å². The number of halogens is 3. The van der Waals surface area contributed by atoms with Crippen molar-refractivity contribution < 1.29 is 22.4 Å². The standard InChI is InChI=1S/C17H11F3N2O2/c18-17(19,20)11-3-5-14-13(10-11)15(7-8-21-14)22-16(23)6-4-12-2-1-9-24-12/h1-10H,(H,21,22,23)/b6-4+. The molecule has 24 heavy (non-hydrogen) atoms. The van der Waals surface area contributed by atoms with Crippen LogP contribution < -0.4 is 5.32 Å². The molecule has 0 fully saturated rings. The lowest BCUT2D eigenvalue weighted by atomic mass is 10.1. The lowest BCUT2D eigenvalue weighted by molar-refractivity contribution is -0.137. The highest BCUT2D eigenvalue weighted by molar-refractivity contribution is 6.06. The summed E-state index contributed by atoms with van der Waals surface area (Å²) in [4.78, 5) is 16.0. The maximum atomic E-state index is 12.9. The van der Waals surface area contributed by atoms with Gasteiger partial charge in [0.15, 0.2) is 0 Å². The fourth-order valence-electron chi connectivity index (χ4n) is 2.15. The molecule has 1 N–H and O–H groups in total. The fraction of sp³-hybridized carbons (Fsp3) is 0.0588. The maximum absolute atomic E-state index is 12.9. The number of nitrogens with one attached hydrogen (secondary N) is 1. The van der Waals surface area contributed by atoms with Crippen LogP contribution in [0.1, 0.15) is 11.3 Å². The van der Waals surface area contributed by atoms with Crippen molar-refractivity contribution in [3.63, 3.8) is 0 Å². The number of hydrogen-bond donors (Lipinski definition) is 1. The van der Waals surface area contributed by atoms with E-state index in [1.54, 1.807) is 12.1 Å². The summed E-state index contributed by atoms with van der Waals surface area (Å²) in [5.41, 5.74) is -0.194. The summed E-state index contributed by atoms with van der Waals surface area (Å²) in [6.45, 7) is 0. The van der Waals surface area contributed by atoms with Crippen molar-refractivity contribution in [3.8, 4) is 0 Å². The molecule has 1 aromatic carbocycles. The van der Waals surface area contributed by atoms with E-state index in [9.17, 15) is 18.0 Å². The molecule has 122 valence electrons. The smallest absolute Gasteiger partial charge is 0.416 e. The topological polar surface area (TPSA) is 55.1 Å². The molecule has 0 saturated heterocycles. The van der Waals surface area contributed by atoms with Gasteiger partial charge in [-0.2, -0.15) is 13.2 Å². The number of furan rings is 1. The molecule has 1 amide bonds. The van der Waals surface area contributed by atoms with Crippen LogP contribution in [0, 0.1) is 0 Å². The van der Waals surface area contributed by atoms with Crippen LogP contribution in [0.15, 0.2) is 59.4 Å². The van der Waals surface area contributed by atoms with Crippen molar-refractivity contribution in [1.29, 1.82) is 0 Å². The van der Waals surface area contributed by atoms with Gasteiger partial charge in [0.2, 0.25) is 5.91 Å². The molecule has 0 atom stereocenters. The van der Waals surface area contributed by atoms with E-state index in [4.69, 9.17) is 4.42 Å². The van der Waals surface area contributed by atoms with Gasteiger partial charge < -0.3 is 9.73 Å². The van der Waals surface area contributed by atoms with Crippen molar-refractivity contribution in [2.45, 2.75) is 6.18 Å². The Hall–Kier alpha value is -3.09. The van der Waals surface area contributed by atoms with E-state index < -0.39 is 17.6 Å². The lowest BCUT2D eigenvalue weighted by Crippen LogP contribution is -2.09. The Morgan fingerprint density at radius 2 is 2.04 bits per heavy atom. The maximum Gasteiger partial charge on any atom is 0.416 e. The quantitative estimate of drug-likeness (QED) is 0.719. The van der Waals surface area contributed by atoms with Crippen LogP contribution in [0.4, 0.5) is 18.9 Å². The van der Waals surface area contributed by atoms with E-state index in [2.05, 4.69) is 10.3 Å². The van der Waals surface area contributed by atoms with Crippen LogP contribution >= 0.6 is 0 Å². The number of anilines is 1. The van der Waals surface area contributed by atoms with E-state index in [0.29, 0.717) is 11.3 Å². The number of benzene rings is 1. The molecule has 2 aromatic heterocycles. The first kappa shape index (κ1) is 15.8. The number of aromatic nitrogens is 1. The molecule has 0 radical (unpaired) electrons. The molecule has 0 spiro atoms. The van der Waals surface area contributed by atoms with Gasteiger partial charge in [0.25, 0.3) is 0 Å². The van der Waals surface area contributed by atoms with Gasteiger partial charge in [-0.3, -0.25) is 9.78 Å². The van der Waals surface area contributed by atoms with E-state index in [1.165, 1.54) is 36.7 Å².